The molecule has 1 amide bonds. The fourth-order valence-electron chi connectivity index (χ4n) is 5.28. The molecule has 0 saturated carbocycles. The highest BCUT2D eigenvalue weighted by molar-refractivity contribution is 5.86. The lowest BCUT2D eigenvalue weighted by Gasteiger charge is -2.39. The molecule has 0 spiro atoms. The predicted octanol–water partition coefficient (Wildman–Crippen LogP) is 3.56. The van der Waals surface area contributed by atoms with E-state index in [2.05, 4.69) is 14.9 Å². The van der Waals surface area contributed by atoms with Crippen LogP contribution >= 0.6 is 0 Å². The summed E-state index contributed by atoms with van der Waals surface area (Å²) in [5.41, 5.74) is 1.82. The lowest BCUT2D eigenvalue weighted by molar-refractivity contribution is -0.131. The van der Waals surface area contributed by atoms with Crippen molar-refractivity contribution in [2.75, 3.05) is 32.8 Å². The summed E-state index contributed by atoms with van der Waals surface area (Å²) < 4.78 is 18.7. The lowest BCUT2D eigenvalue weighted by Crippen LogP contribution is -2.49. The number of rotatable bonds is 8. The van der Waals surface area contributed by atoms with Crippen LogP contribution in [0.1, 0.15) is 44.9 Å². The minimum absolute atomic E-state index is 0.0471. The fraction of sp³-hybridized carbons (Fsp3) is 0.452. The van der Waals surface area contributed by atoms with Crippen LogP contribution < -0.4 is 15.0 Å². The number of carbonyl (C=O) groups excluding carboxylic acids is 1. The highest BCUT2D eigenvalue weighted by Crippen LogP contribution is 2.30. The molecular formula is C31H37N5O7. The molecule has 228 valence electrons. The van der Waals surface area contributed by atoms with Gasteiger partial charge in [-0.05, 0) is 57.4 Å². The number of ether oxygens (including phenoxy) is 3. The van der Waals surface area contributed by atoms with Crippen molar-refractivity contribution in [3.63, 3.8) is 0 Å². The highest BCUT2D eigenvalue weighted by Gasteiger charge is 2.32. The molecule has 1 saturated heterocycles. The van der Waals surface area contributed by atoms with Gasteiger partial charge >= 0.3 is 12.1 Å². The Labute approximate surface area is 249 Å². The third-order valence-corrected chi connectivity index (χ3v) is 7.36. The van der Waals surface area contributed by atoms with Gasteiger partial charge in [0.1, 0.15) is 18.8 Å². The molecule has 1 N–H and O–H groups in total. The van der Waals surface area contributed by atoms with E-state index in [-0.39, 0.29) is 24.2 Å². The summed E-state index contributed by atoms with van der Waals surface area (Å²) in [5.74, 6) is 0.169. The van der Waals surface area contributed by atoms with Crippen molar-refractivity contribution < 1.29 is 28.9 Å². The van der Waals surface area contributed by atoms with Gasteiger partial charge in [-0.2, -0.15) is 0 Å². The average Bonchev–Trinajstić information content (AvgIpc) is 2.97. The van der Waals surface area contributed by atoms with Crippen LogP contribution in [-0.2, 0) is 22.6 Å². The van der Waals surface area contributed by atoms with Crippen molar-refractivity contribution >= 4 is 29.2 Å². The smallest absolute Gasteiger partial charge is 0.410 e. The van der Waals surface area contributed by atoms with E-state index in [1.165, 1.54) is 12.1 Å². The normalized spacial score (nSPS) is 16.0. The second kappa shape index (κ2) is 12.8. The van der Waals surface area contributed by atoms with Crippen molar-refractivity contribution in [1.29, 1.82) is 0 Å². The van der Waals surface area contributed by atoms with Gasteiger partial charge in [0.05, 0.1) is 29.5 Å². The predicted molar refractivity (Wildman–Crippen MR) is 159 cm³/mol. The average molecular weight is 592 g/mol. The minimum atomic E-state index is -1.05. The van der Waals surface area contributed by atoms with Crippen LogP contribution in [-0.4, -0.2) is 86.0 Å². The zero-order valence-corrected chi connectivity index (χ0v) is 24.7. The molecule has 12 nitrogen and oxygen atoms in total. The highest BCUT2D eigenvalue weighted by atomic mass is 16.6. The molecular weight excluding hydrogens is 554 g/mol. The van der Waals surface area contributed by atoms with Gasteiger partial charge in [0.25, 0.3) is 5.56 Å². The Morgan fingerprint density at radius 1 is 1.07 bits per heavy atom. The number of pyridine rings is 3. The third kappa shape index (κ3) is 7.69. The summed E-state index contributed by atoms with van der Waals surface area (Å²) in [4.78, 5) is 50.0. The van der Waals surface area contributed by atoms with E-state index < -0.39 is 11.6 Å². The first-order valence-corrected chi connectivity index (χ1v) is 14.4. The first-order chi connectivity index (χ1) is 20.6. The number of aliphatic carboxylic acids is 1. The second-order valence-electron chi connectivity index (χ2n) is 11.7. The van der Waals surface area contributed by atoms with Crippen molar-refractivity contribution in [2.24, 2.45) is 0 Å². The van der Waals surface area contributed by atoms with Gasteiger partial charge in [0, 0.05) is 56.6 Å². The summed E-state index contributed by atoms with van der Waals surface area (Å²) in [6.07, 6.45) is 6.81. The Balaban J connectivity index is 1.26. The first-order valence-electron chi connectivity index (χ1n) is 14.4. The number of piperidine rings is 1. The summed E-state index contributed by atoms with van der Waals surface area (Å²) in [6, 6.07) is 6.72. The zero-order chi connectivity index (χ0) is 30.6. The van der Waals surface area contributed by atoms with Crippen LogP contribution in [0.25, 0.3) is 17.1 Å². The molecule has 43 heavy (non-hydrogen) atoms. The minimum Gasteiger partial charge on any atom is -0.486 e. The third-order valence-electron chi connectivity index (χ3n) is 7.36. The number of carboxylic acids is 1. The Hall–Kier alpha value is -4.45. The van der Waals surface area contributed by atoms with Crippen molar-refractivity contribution in [1.82, 2.24) is 24.3 Å². The molecule has 0 radical (unpaired) electrons. The standard InChI is InChI=1S/C31H37N5O7/c1-31(2,3)43-30(40)36(20-22-17-26-27(19-32-22)42-15-14-41-26)23-8-10-34(11-9-23)12-13-35-25-16-21(4-7-29(38)39)18-33-24(25)5-6-28(35)37/h4-7,16-19,23H,8-15,20H2,1-3H3,(H,38,39)/b7-4+. The van der Waals surface area contributed by atoms with E-state index in [4.69, 9.17) is 19.3 Å². The van der Waals surface area contributed by atoms with Gasteiger partial charge in [-0.15, -0.1) is 0 Å². The number of hydrogen-bond acceptors (Lipinski definition) is 9. The van der Waals surface area contributed by atoms with Crippen LogP contribution in [0.4, 0.5) is 4.79 Å². The number of likely N-dealkylation sites (tertiary alicyclic amines) is 1. The van der Waals surface area contributed by atoms with Gasteiger partial charge < -0.3 is 28.8 Å². The van der Waals surface area contributed by atoms with Crippen LogP contribution in [0.5, 0.6) is 11.5 Å². The molecule has 0 unspecified atom stereocenters. The molecule has 1 fully saturated rings. The number of carbonyl (C=O) groups is 2. The molecule has 3 aromatic rings. The number of carboxylic acid groups (broad SMARTS) is 1. The molecule has 3 aromatic heterocycles. The maximum absolute atomic E-state index is 13.3. The van der Waals surface area contributed by atoms with Gasteiger partial charge in [-0.1, -0.05) is 0 Å². The van der Waals surface area contributed by atoms with Gasteiger partial charge in [0.2, 0.25) is 0 Å². The number of hydrogen-bond donors (Lipinski definition) is 1. The van der Waals surface area contributed by atoms with Gasteiger partial charge in [0.15, 0.2) is 11.5 Å². The Morgan fingerprint density at radius 2 is 1.81 bits per heavy atom. The maximum Gasteiger partial charge on any atom is 0.410 e. The van der Waals surface area contributed by atoms with Gasteiger partial charge in [-0.25, -0.2) is 9.59 Å². The zero-order valence-electron chi connectivity index (χ0n) is 24.7. The molecule has 2 aliphatic rings. The van der Waals surface area contributed by atoms with Crippen LogP contribution in [0.3, 0.4) is 0 Å². The number of amides is 1. The van der Waals surface area contributed by atoms with Crippen LogP contribution in [0.2, 0.25) is 0 Å². The van der Waals surface area contributed by atoms with E-state index in [0.29, 0.717) is 60.1 Å². The molecule has 0 atom stereocenters. The van der Waals surface area contributed by atoms with E-state index >= 15 is 0 Å². The molecule has 0 bridgehead atoms. The summed E-state index contributed by atoms with van der Waals surface area (Å²) >= 11 is 0. The quantitative estimate of drug-likeness (QED) is 0.387. The number of aromatic nitrogens is 3. The Kier molecular flexibility index (Phi) is 8.95. The Morgan fingerprint density at radius 3 is 2.53 bits per heavy atom. The monoisotopic (exact) mass is 591 g/mol. The SMILES string of the molecule is CC(C)(C)OC(=O)N(Cc1cc2c(cn1)OCCO2)C1CCN(CCn2c(=O)ccc3ncc(/C=C/C(=O)O)cc32)CC1. The van der Waals surface area contributed by atoms with Crippen molar-refractivity contribution in [3.8, 4) is 11.5 Å². The first kappa shape index (κ1) is 30.0. The number of nitrogens with zero attached hydrogens (tertiary/aromatic N) is 5. The lowest BCUT2D eigenvalue weighted by atomic mass is 10.0. The number of fused-ring (bicyclic) bond motifs is 2. The van der Waals surface area contributed by atoms with E-state index in [0.717, 1.165) is 32.0 Å². The van der Waals surface area contributed by atoms with Crippen LogP contribution in [0.15, 0.2) is 47.5 Å². The molecule has 0 aromatic carbocycles. The molecule has 0 aliphatic carbocycles. The van der Waals surface area contributed by atoms with Crippen LogP contribution in [0, 0.1) is 0 Å². The summed E-state index contributed by atoms with van der Waals surface area (Å²) in [5, 5.41) is 8.96. The largest absolute Gasteiger partial charge is 0.486 e. The van der Waals surface area contributed by atoms with Crippen molar-refractivity contribution in [3.05, 3.63) is 64.3 Å². The van der Waals surface area contributed by atoms with E-state index in [1.54, 1.807) is 34.0 Å². The van der Waals surface area contributed by atoms with Crippen molar-refractivity contribution in [2.45, 2.75) is 58.3 Å². The second-order valence-corrected chi connectivity index (χ2v) is 11.7. The molecule has 2 aliphatic heterocycles. The molecule has 12 heteroatoms. The summed E-state index contributed by atoms with van der Waals surface area (Å²) in [6.45, 7) is 9.35. The maximum atomic E-state index is 13.3. The van der Waals surface area contributed by atoms with E-state index in [9.17, 15) is 14.4 Å². The van der Waals surface area contributed by atoms with Gasteiger partial charge in [-0.3, -0.25) is 19.7 Å². The molecule has 5 rings (SSSR count). The summed E-state index contributed by atoms with van der Waals surface area (Å²) in [7, 11) is 0. The van der Waals surface area contributed by atoms with E-state index in [1.807, 2.05) is 26.8 Å². The Bertz CT molecular complexity index is 1570. The molecule has 5 heterocycles. The topological polar surface area (TPSA) is 136 Å². The fourth-order valence-corrected chi connectivity index (χ4v) is 5.28.